The fourth-order valence-electron chi connectivity index (χ4n) is 9.11. The van der Waals surface area contributed by atoms with E-state index in [1.54, 1.807) is 32.0 Å². The summed E-state index contributed by atoms with van der Waals surface area (Å²) in [7, 11) is -15.4. The van der Waals surface area contributed by atoms with Crippen LogP contribution in [0.25, 0.3) is 0 Å². The Balaban J connectivity index is 0.00000177. The molecule has 0 aliphatic rings. The number of hydrogen-bond acceptors (Lipinski definition) is 27. The van der Waals surface area contributed by atoms with Crippen molar-refractivity contribution < 1.29 is 163 Å². The Bertz CT molecular complexity index is 3670. The average Bonchev–Trinajstić information content (AvgIpc) is 0.782. The maximum Gasteiger partial charge on any atom is 4.00 e. The Hall–Kier alpha value is -7.15. The van der Waals surface area contributed by atoms with Gasteiger partial charge in [-0.2, -0.15) is 25.3 Å². The average molecular weight is 1660 g/mol. The molecule has 6 atom stereocenters. The third kappa shape index (κ3) is 36.3. The Morgan fingerprint density at radius 3 is 1.50 bits per heavy atom. The van der Waals surface area contributed by atoms with Gasteiger partial charge in [0.15, 0.2) is 11.8 Å². The molecular weight excluding hydrogens is 1570 g/mol. The molecule has 47 heteroatoms. The minimum absolute atomic E-state index is 0. The largest absolute Gasteiger partial charge is 4.00 e. The molecule has 4 aromatic rings. The second kappa shape index (κ2) is 49.7. The van der Waals surface area contributed by atoms with Gasteiger partial charge in [0, 0.05) is 19.3 Å². The van der Waals surface area contributed by atoms with E-state index >= 15 is 0 Å². The van der Waals surface area contributed by atoms with E-state index in [2.05, 4.69) is 68.1 Å². The first kappa shape index (κ1) is 97.8. The maximum atomic E-state index is 13.6. The van der Waals surface area contributed by atoms with Gasteiger partial charge in [-0.25, -0.2) is 14.6 Å². The number of nitrogens with two attached hydrogens (primary N) is 4. The number of urea groups is 1. The summed E-state index contributed by atoms with van der Waals surface area (Å²) in [5.74, 6) is -10.6. The molecule has 6 amide bonds. The number of unbranched alkanes of at least 4 members (excludes halogenated alkanes) is 1. The molecule has 27 N–H and O–H groups in total. The van der Waals surface area contributed by atoms with E-state index < -0.39 is 188 Å². The van der Waals surface area contributed by atoms with Crippen molar-refractivity contribution >= 4 is 114 Å². The molecule has 41 nitrogen and oxygen atoms in total. The van der Waals surface area contributed by atoms with Gasteiger partial charge in [-0.3, -0.25) is 63.4 Å². The molecule has 575 valence electrons. The number of carbonyl (C=O) groups excluding carboxylic acids is 5. The second-order valence-electron chi connectivity index (χ2n) is 22.0. The molecule has 0 fully saturated rings. The molecule has 0 bridgehead atoms. The molecule has 1 radical (unpaired) electrons. The molecule has 1 aromatic heterocycles. The van der Waals surface area contributed by atoms with E-state index in [9.17, 15) is 92.6 Å². The molecule has 105 heavy (non-hydrogen) atoms. The molecule has 0 spiro atoms. The van der Waals surface area contributed by atoms with Crippen molar-refractivity contribution in [2.24, 2.45) is 50.0 Å². The molecule has 3 aromatic carbocycles. The van der Waals surface area contributed by atoms with Crippen molar-refractivity contribution in [1.82, 2.24) is 52.8 Å². The van der Waals surface area contributed by atoms with Crippen LogP contribution in [0.4, 0.5) is 10.6 Å². The summed E-state index contributed by atoms with van der Waals surface area (Å²) in [5, 5.41) is 94.7. The fourth-order valence-corrected chi connectivity index (χ4v) is 13.4. The van der Waals surface area contributed by atoms with Crippen molar-refractivity contribution in [2.75, 3.05) is 59.5 Å². The van der Waals surface area contributed by atoms with Crippen LogP contribution in [0.2, 0.25) is 0 Å². The summed E-state index contributed by atoms with van der Waals surface area (Å²) < 4.78 is 97.7. The predicted octanol–water partition coefficient (Wildman–Crippen LogP) is -8.34. The minimum Gasteiger partial charge on any atom is -0.481 e. The number of aliphatic hydroxyl groups is 4. The Labute approximate surface area is 640 Å². The first-order chi connectivity index (χ1) is 48.4. The molecule has 0 aliphatic heterocycles. The van der Waals surface area contributed by atoms with Crippen molar-refractivity contribution in [3.05, 3.63) is 97.2 Å². The number of pyridine rings is 1. The maximum absolute atomic E-state index is 13.6. The zero-order chi connectivity index (χ0) is 77.7. The van der Waals surface area contributed by atoms with Crippen molar-refractivity contribution in [2.45, 2.75) is 109 Å². The van der Waals surface area contributed by atoms with Gasteiger partial charge in [-0.15, -0.1) is 5.11 Å². The van der Waals surface area contributed by atoms with Crippen LogP contribution >= 0.6 is 7.92 Å². The van der Waals surface area contributed by atoms with E-state index in [1.807, 2.05) is 0 Å². The van der Waals surface area contributed by atoms with Crippen molar-refractivity contribution in [3.8, 4) is 0 Å². The molecule has 0 aliphatic carbocycles. The summed E-state index contributed by atoms with van der Waals surface area (Å²) in [6, 6.07) is 13.3. The number of aliphatic hydroxyl groups excluding tert-OH is 4. The first-order valence-electron chi connectivity index (χ1n) is 30.8. The van der Waals surface area contributed by atoms with Crippen LogP contribution in [-0.2, 0) is 84.0 Å². The van der Waals surface area contributed by atoms with Gasteiger partial charge in [0.25, 0.3) is 30.4 Å². The quantitative estimate of drug-likeness (QED) is 0.00286. The van der Waals surface area contributed by atoms with Gasteiger partial charge in [-0.1, -0.05) is 61.4 Å². The zero-order valence-corrected chi connectivity index (χ0v) is 64.1. The number of azo groups is 1. The first-order valence-corrected chi connectivity index (χ1v) is 36.5. The number of aliphatic imine (C=N–C) groups is 1. The second-order valence-corrected chi connectivity index (χ2v) is 28.5. The summed E-state index contributed by atoms with van der Waals surface area (Å²) >= 11 is 0. The van der Waals surface area contributed by atoms with Gasteiger partial charge in [-0.05, 0) is 130 Å². The zero-order valence-electron chi connectivity index (χ0n) is 56.9. The van der Waals surface area contributed by atoms with Crippen LogP contribution in [0.15, 0.2) is 127 Å². The normalized spacial score (nSPS) is 13.2. The Morgan fingerprint density at radius 1 is 0.600 bits per heavy atom. The van der Waals surface area contributed by atoms with Crippen LogP contribution in [-0.4, -0.2) is 229 Å². The molecule has 0 saturated heterocycles. The minimum atomic E-state index is -4.55. The monoisotopic (exact) mass is 1660 g/mol. The van der Waals surface area contributed by atoms with Gasteiger partial charge in [0.05, 0.1) is 60.4 Å². The number of aromatic nitrogens is 1. The third-order valence-corrected chi connectivity index (χ3v) is 19.0. The van der Waals surface area contributed by atoms with Crippen LogP contribution in [0, 0.1) is 11.8 Å². The number of carbonyl (C=O) groups is 8. The molecular formula is C58H88N17NaO24PS3Tc+5. The van der Waals surface area contributed by atoms with Crippen molar-refractivity contribution in [1.29, 1.82) is 0 Å². The van der Waals surface area contributed by atoms with E-state index in [1.165, 1.54) is 60.8 Å². The fraction of sp³-hybridized carbons (Fsp3) is 0.448. The number of carboxylic acid groups (broad SMARTS) is 3. The number of rotatable bonds is 42. The third-order valence-electron chi connectivity index (χ3n) is 14.1. The summed E-state index contributed by atoms with van der Waals surface area (Å²) in [5.41, 5.74) is 21.3. The number of guanidine groups is 1. The SMILES string of the molecule is CC(C)[C@@H](NC(=O)[C@H](CCCCNCCCNC(=O)/N=N/c1ccccn1)NC(=O)[C@H](CC(=O)O)NC(=O)CN)C(=O)N[C@@H](CCCN=C(N)N)C(=O)O.NC(C(=O)O)C(CO)C(NCO)(NCO)NCO.O=S(=O)(O)c1cccc(P(c2cccc(S(=O)(=O)O)c2)c2cccc(S(=O)(=O)O)c2)c1.[99Tc+4].[Na+]. The van der Waals surface area contributed by atoms with E-state index in [-0.39, 0.29) is 81.4 Å². The Kier molecular flexibility index (Phi) is 46.3. The van der Waals surface area contributed by atoms with Crippen LogP contribution in [0.1, 0.15) is 58.8 Å². The smallest absolute Gasteiger partial charge is 0.481 e. The topological polar surface area (TPSA) is 704 Å². The van der Waals surface area contributed by atoms with Crippen LogP contribution in [0.5, 0.6) is 0 Å². The number of benzene rings is 3. The van der Waals surface area contributed by atoms with Gasteiger partial charge >= 0.3 is 73.6 Å². The van der Waals surface area contributed by atoms with Crippen molar-refractivity contribution in [3.63, 3.8) is 0 Å². The predicted molar refractivity (Wildman–Crippen MR) is 369 cm³/mol. The van der Waals surface area contributed by atoms with Gasteiger partial charge < -0.3 is 90.6 Å². The van der Waals surface area contributed by atoms with E-state index in [4.69, 9.17) is 43.4 Å². The molecule has 2 unspecified atom stereocenters. The summed E-state index contributed by atoms with van der Waals surface area (Å²) in [4.78, 5) is 104. The molecule has 1 heterocycles. The number of carboxylic acids is 3. The van der Waals surface area contributed by atoms with Gasteiger partial charge in [0.2, 0.25) is 23.6 Å². The van der Waals surface area contributed by atoms with Crippen LogP contribution < -0.4 is 116 Å². The summed E-state index contributed by atoms with van der Waals surface area (Å²) in [6.07, 6.45) is 2.50. The van der Waals surface area contributed by atoms with Gasteiger partial charge in [0.1, 0.15) is 36.0 Å². The van der Waals surface area contributed by atoms with Crippen LogP contribution in [0.3, 0.4) is 0 Å². The number of aliphatic carboxylic acids is 3. The van der Waals surface area contributed by atoms with E-state index in [0.29, 0.717) is 60.6 Å². The number of amides is 6. The standard InChI is InChI=1S/C32H53N13O9.C18H15O9PS3.C8H20N4O6.Na.Tc/c1-19(2)26(29(51)42-21(30(52)53)10-7-15-38-31(34)35)43-27(49)20(41-28(50)22(17-25(47)48)40-24(46)18-33)9-3-5-12-36-13-8-16-39-32(54)45-44-23-11-4-6-14-37-23;19-29(20,21)16-7-1-4-13(10-16)28(14-5-2-8-17(11-14)30(22,23)24)15-6-3-9-18(12-15)31(25,26)27;9-6(7(17)18)5(1-13)8(10-2-14,11-3-15)12-4-16;;/h4,6,11,14,19-22,26,36H,3,5,7-10,12-13,15-18,33H2,1-2H3,(H,39,54)(H,40,46)(H,41,50)(H,42,51)(H,43,49)(H,47,48)(H,52,53)(H4,34,35,38);1-12H,(H,19,20,21)(H,22,23,24)(H,25,26,27);5-6,10-16H,1-4,9H2,(H,17,18);;/q;;;+1;+4/b45-44+;;;;/t20-,21-,22-,26+;;;;/m0..../s1/i;;;;1+1. The number of hydrogen-bond donors (Lipinski definition) is 23. The molecule has 0 saturated carbocycles. The number of nitrogens with one attached hydrogen (secondary N) is 9. The number of nitrogens with zero attached hydrogens (tertiary/aromatic N) is 4. The Morgan fingerprint density at radius 2 is 1.09 bits per heavy atom. The molecule has 4 rings (SSSR count). The summed E-state index contributed by atoms with van der Waals surface area (Å²) in [6.45, 7) is 1.75. The van der Waals surface area contributed by atoms with E-state index in [0.717, 1.165) is 18.2 Å².